The Balaban J connectivity index is 1.33. The molecule has 0 atom stereocenters. The van der Waals surface area contributed by atoms with E-state index < -0.39 is 10.0 Å². The van der Waals surface area contributed by atoms with E-state index in [1.54, 1.807) is 18.2 Å². The van der Waals surface area contributed by atoms with Crippen LogP contribution in [0.2, 0.25) is 0 Å². The second kappa shape index (κ2) is 9.49. The number of hydrogen-bond donors (Lipinski definition) is 1. The van der Waals surface area contributed by atoms with Gasteiger partial charge in [0.2, 0.25) is 10.0 Å². The SMILES string of the molecule is O=C(NCCOc1ccc2ccccc2c1)c1cccc(S(=O)(=O)N2CCCCC2)c1. The fourth-order valence-electron chi connectivity index (χ4n) is 3.74. The highest BCUT2D eigenvalue weighted by Crippen LogP contribution is 2.22. The van der Waals surface area contributed by atoms with Gasteiger partial charge in [-0.2, -0.15) is 4.31 Å². The average molecular weight is 439 g/mol. The Morgan fingerprint density at radius 3 is 2.48 bits per heavy atom. The van der Waals surface area contributed by atoms with E-state index in [9.17, 15) is 13.2 Å². The van der Waals surface area contributed by atoms with Crippen molar-refractivity contribution in [3.63, 3.8) is 0 Å². The molecule has 1 N–H and O–H groups in total. The fourth-order valence-corrected chi connectivity index (χ4v) is 5.31. The molecule has 1 fully saturated rings. The van der Waals surface area contributed by atoms with Crippen molar-refractivity contribution in [3.05, 3.63) is 72.3 Å². The molecule has 1 saturated heterocycles. The Morgan fingerprint density at radius 1 is 0.903 bits per heavy atom. The van der Waals surface area contributed by atoms with E-state index >= 15 is 0 Å². The lowest BCUT2D eigenvalue weighted by Crippen LogP contribution is -2.35. The van der Waals surface area contributed by atoms with Gasteiger partial charge in [0.05, 0.1) is 11.4 Å². The maximum absolute atomic E-state index is 12.8. The van der Waals surface area contributed by atoms with Crippen molar-refractivity contribution in [2.75, 3.05) is 26.2 Å². The van der Waals surface area contributed by atoms with Crippen LogP contribution in [0.3, 0.4) is 0 Å². The zero-order valence-corrected chi connectivity index (χ0v) is 18.1. The summed E-state index contributed by atoms with van der Waals surface area (Å²) in [5, 5.41) is 5.03. The summed E-state index contributed by atoms with van der Waals surface area (Å²) >= 11 is 0. The van der Waals surface area contributed by atoms with Crippen LogP contribution in [0.4, 0.5) is 0 Å². The van der Waals surface area contributed by atoms with Crippen LogP contribution in [0, 0.1) is 0 Å². The topological polar surface area (TPSA) is 75.7 Å². The first-order chi connectivity index (χ1) is 15.0. The summed E-state index contributed by atoms with van der Waals surface area (Å²) in [5.41, 5.74) is 0.323. The Kier molecular flexibility index (Phi) is 6.53. The number of piperidine rings is 1. The number of fused-ring (bicyclic) bond motifs is 1. The van der Waals surface area contributed by atoms with Crippen molar-refractivity contribution in [1.82, 2.24) is 9.62 Å². The summed E-state index contributed by atoms with van der Waals surface area (Å²) in [6, 6.07) is 20.1. The molecule has 3 aromatic rings. The number of carbonyl (C=O) groups excluding carboxylic acids is 1. The van der Waals surface area contributed by atoms with Crippen LogP contribution in [-0.2, 0) is 10.0 Å². The third-order valence-corrected chi connectivity index (χ3v) is 7.32. The Labute approximate surface area is 182 Å². The first kappa shape index (κ1) is 21.3. The highest BCUT2D eigenvalue weighted by atomic mass is 32.2. The summed E-state index contributed by atoms with van der Waals surface area (Å²) in [6.45, 7) is 1.69. The molecule has 0 aromatic heterocycles. The number of nitrogens with zero attached hydrogens (tertiary/aromatic N) is 1. The molecule has 0 saturated carbocycles. The number of benzene rings is 3. The molecule has 1 aliphatic rings. The number of hydrogen-bond acceptors (Lipinski definition) is 4. The third kappa shape index (κ3) is 5.06. The Hall–Kier alpha value is -2.90. The molecule has 1 amide bonds. The number of carbonyl (C=O) groups is 1. The second-order valence-corrected chi connectivity index (χ2v) is 9.54. The molecule has 1 heterocycles. The van der Waals surface area contributed by atoms with Crippen LogP contribution >= 0.6 is 0 Å². The molecule has 3 aromatic carbocycles. The largest absolute Gasteiger partial charge is 0.492 e. The number of sulfonamides is 1. The fraction of sp³-hybridized carbons (Fsp3) is 0.292. The molecule has 0 spiro atoms. The van der Waals surface area contributed by atoms with Crippen LogP contribution < -0.4 is 10.1 Å². The minimum absolute atomic E-state index is 0.162. The van der Waals surface area contributed by atoms with Crippen LogP contribution in [0.25, 0.3) is 10.8 Å². The quantitative estimate of drug-likeness (QED) is 0.569. The normalized spacial score (nSPS) is 15.0. The van der Waals surface area contributed by atoms with E-state index in [4.69, 9.17) is 4.74 Å². The number of ether oxygens (including phenoxy) is 1. The van der Waals surface area contributed by atoms with Gasteiger partial charge in [-0.05, 0) is 53.9 Å². The van der Waals surface area contributed by atoms with Gasteiger partial charge in [0, 0.05) is 18.7 Å². The van der Waals surface area contributed by atoms with Gasteiger partial charge in [0.25, 0.3) is 5.91 Å². The molecule has 162 valence electrons. The van der Waals surface area contributed by atoms with Gasteiger partial charge in [-0.15, -0.1) is 0 Å². The van der Waals surface area contributed by atoms with E-state index in [2.05, 4.69) is 5.32 Å². The van der Waals surface area contributed by atoms with Gasteiger partial charge >= 0.3 is 0 Å². The smallest absolute Gasteiger partial charge is 0.251 e. The molecule has 1 aliphatic heterocycles. The minimum atomic E-state index is -3.57. The zero-order chi connectivity index (χ0) is 21.7. The molecule has 0 unspecified atom stereocenters. The highest BCUT2D eigenvalue weighted by Gasteiger charge is 2.26. The highest BCUT2D eigenvalue weighted by molar-refractivity contribution is 7.89. The molecular formula is C24H26N2O4S. The van der Waals surface area contributed by atoms with Crippen molar-refractivity contribution in [2.45, 2.75) is 24.2 Å². The van der Waals surface area contributed by atoms with E-state index in [0.29, 0.717) is 31.8 Å². The predicted molar refractivity (Wildman–Crippen MR) is 121 cm³/mol. The van der Waals surface area contributed by atoms with Gasteiger partial charge < -0.3 is 10.1 Å². The van der Waals surface area contributed by atoms with Crippen molar-refractivity contribution >= 4 is 26.7 Å². The molecule has 0 bridgehead atoms. The maximum atomic E-state index is 12.8. The second-order valence-electron chi connectivity index (χ2n) is 7.61. The first-order valence-corrected chi connectivity index (χ1v) is 12.0. The minimum Gasteiger partial charge on any atom is -0.492 e. The van der Waals surface area contributed by atoms with Crippen molar-refractivity contribution in [2.24, 2.45) is 0 Å². The van der Waals surface area contributed by atoms with Crippen LogP contribution in [0.1, 0.15) is 29.6 Å². The summed E-state index contributed by atoms with van der Waals surface area (Å²) in [6.07, 6.45) is 2.79. The van der Waals surface area contributed by atoms with E-state index in [1.165, 1.54) is 10.4 Å². The molecular weight excluding hydrogens is 412 g/mol. The first-order valence-electron chi connectivity index (χ1n) is 10.5. The Morgan fingerprint density at radius 2 is 1.68 bits per heavy atom. The summed E-state index contributed by atoms with van der Waals surface area (Å²) in [4.78, 5) is 12.7. The van der Waals surface area contributed by atoms with Crippen LogP contribution in [-0.4, -0.2) is 44.9 Å². The van der Waals surface area contributed by atoms with Crippen molar-refractivity contribution < 1.29 is 17.9 Å². The van der Waals surface area contributed by atoms with E-state index in [0.717, 1.165) is 35.8 Å². The van der Waals surface area contributed by atoms with Crippen LogP contribution in [0.15, 0.2) is 71.6 Å². The van der Waals surface area contributed by atoms with Crippen molar-refractivity contribution in [3.8, 4) is 5.75 Å². The lowest BCUT2D eigenvalue weighted by atomic mass is 10.1. The molecule has 31 heavy (non-hydrogen) atoms. The summed E-state index contributed by atoms with van der Waals surface area (Å²) in [5.74, 6) is 0.417. The van der Waals surface area contributed by atoms with E-state index in [-0.39, 0.29) is 10.8 Å². The zero-order valence-electron chi connectivity index (χ0n) is 17.3. The Bertz CT molecular complexity index is 1170. The maximum Gasteiger partial charge on any atom is 0.251 e. The molecule has 4 rings (SSSR count). The molecule has 7 heteroatoms. The molecule has 0 aliphatic carbocycles. The predicted octanol–water partition coefficient (Wildman–Crippen LogP) is 3.82. The van der Waals surface area contributed by atoms with Gasteiger partial charge in [0.15, 0.2) is 0 Å². The lowest BCUT2D eigenvalue weighted by Gasteiger charge is -2.26. The van der Waals surface area contributed by atoms with Gasteiger partial charge in [-0.25, -0.2) is 8.42 Å². The summed E-state index contributed by atoms with van der Waals surface area (Å²) < 4.78 is 32.9. The monoisotopic (exact) mass is 438 g/mol. The molecule has 0 radical (unpaired) electrons. The van der Waals surface area contributed by atoms with Crippen LogP contribution in [0.5, 0.6) is 5.75 Å². The van der Waals surface area contributed by atoms with Gasteiger partial charge in [-0.1, -0.05) is 42.8 Å². The number of nitrogens with one attached hydrogen (secondary N) is 1. The lowest BCUT2D eigenvalue weighted by molar-refractivity contribution is 0.0947. The van der Waals surface area contributed by atoms with Gasteiger partial charge in [-0.3, -0.25) is 4.79 Å². The van der Waals surface area contributed by atoms with Crippen molar-refractivity contribution in [1.29, 1.82) is 0 Å². The standard InChI is InChI=1S/C24H26N2O4S/c27-24(25-13-16-30-22-12-11-19-7-2-3-8-20(19)17-22)21-9-6-10-23(18-21)31(28,29)26-14-4-1-5-15-26/h2-3,6-12,17-18H,1,4-5,13-16H2,(H,25,27). The van der Waals surface area contributed by atoms with Gasteiger partial charge in [0.1, 0.15) is 12.4 Å². The number of rotatable bonds is 7. The molecule has 6 nitrogen and oxygen atoms in total. The summed E-state index contributed by atoms with van der Waals surface area (Å²) in [7, 11) is -3.57. The third-order valence-electron chi connectivity index (χ3n) is 5.43. The average Bonchev–Trinajstić information content (AvgIpc) is 2.82. The van der Waals surface area contributed by atoms with E-state index in [1.807, 2.05) is 42.5 Å². The number of amides is 1.